The van der Waals surface area contributed by atoms with E-state index in [-0.39, 0.29) is 12.1 Å². The Kier molecular flexibility index (Phi) is 6.53. The highest BCUT2D eigenvalue weighted by Crippen LogP contribution is 2.03. The molecule has 0 rings (SSSR count). The third-order valence-electron chi connectivity index (χ3n) is 2.72. The zero-order chi connectivity index (χ0) is 12.7. The van der Waals surface area contributed by atoms with E-state index in [1.807, 2.05) is 6.92 Å². The number of amides is 2. The Labute approximate surface area is 96.8 Å². The van der Waals surface area contributed by atoms with Crippen molar-refractivity contribution in [2.75, 3.05) is 7.05 Å². The van der Waals surface area contributed by atoms with Crippen LogP contribution in [-0.2, 0) is 4.79 Å². The zero-order valence-electron chi connectivity index (χ0n) is 10.5. The van der Waals surface area contributed by atoms with E-state index in [0.29, 0.717) is 0 Å². The Morgan fingerprint density at radius 1 is 1.38 bits per heavy atom. The predicted molar refractivity (Wildman–Crippen MR) is 62.4 cm³/mol. The number of hydrogen-bond acceptors (Lipinski definition) is 2. The lowest BCUT2D eigenvalue weighted by molar-refractivity contribution is -0.141. The summed E-state index contributed by atoms with van der Waals surface area (Å²) in [7, 11) is 1.49. The number of carboxylic acids is 1. The summed E-state index contributed by atoms with van der Waals surface area (Å²) in [5.41, 5.74) is 0. The molecule has 0 aromatic rings. The number of carbonyl (C=O) groups excluding carboxylic acids is 1. The maximum absolute atomic E-state index is 11.7. The second-order valence-corrected chi connectivity index (χ2v) is 3.97. The highest BCUT2D eigenvalue weighted by Gasteiger charge is 2.22. The summed E-state index contributed by atoms with van der Waals surface area (Å²) in [6, 6.07) is -1.00. The van der Waals surface area contributed by atoms with Crippen LogP contribution in [0.3, 0.4) is 0 Å². The molecule has 0 saturated heterocycles. The van der Waals surface area contributed by atoms with E-state index in [0.717, 1.165) is 19.3 Å². The van der Waals surface area contributed by atoms with Crippen molar-refractivity contribution in [1.82, 2.24) is 10.2 Å². The van der Waals surface area contributed by atoms with Gasteiger partial charge in [-0.1, -0.05) is 20.3 Å². The molecule has 5 nitrogen and oxygen atoms in total. The SMILES string of the molecule is CCCC(CC)NC(=O)N(C)C(C)C(=O)O. The molecule has 0 aromatic heterocycles. The second-order valence-electron chi connectivity index (χ2n) is 3.97. The van der Waals surface area contributed by atoms with Crippen molar-refractivity contribution < 1.29 is 14.7 Å². The molecule has 16 heavy (non-hydrogen) atoms. The van der Waals surface area contributed by atoms with E-state index in [1.54, 1.807) is 0 Å². The van der Waals surface area contributed by atoms with Crippen LogP contribution in [0.2, 0.25) is 0 Å². The molecule has 2 amide bonds. The average Bonchev–Trinajstić information content (AvgIpc) is 2.25. The normalized spacial score (nSPS) is 14.0. The maximum atomic E-state index is 11.7. The lowest BCUT2D eigenvalue weighted by Gasteiger charge is -2.25. The third kappa shape index (κ3) is 4.51. The molecular weight excluding hydrogens is 208 g/mol. The minimum Gasteiger partial charge on any atom is -0.480 e. The fourth-order valence-corrected chi connectivity index (χ4v) is 1.34. The lowest BCUT2D eigenvalue weighted by Crippen LogP contribution is -2.48. The number of carbonyl (C=O) groups is 2. The van der Waals surface area contributed by atoms with Crippen LogP contribution in [-0.4, -0.2) is 41.1 Å². The first-order chi connectivity index (χ1) is 7.43. The van der Waals surface area contributed by atoms with Gasteiger partial charge in [-0.15, -0.1) is 0 Å². The van der Waals surface area contributed by atoms with Gasteiger partial charge >= 0.3 is 12.0 Å². The molecule has 0 aliphatic rings. The van der Waals surface area contributed by atoms with Crippen molar-refractivity contribution in [3.63, 3.8) is 0 Å². The number of nitrogens with zero attached hydrogens (tertiary/aromatic N) is 1. The Balaban J connectivity index is 4.27. The van der Waals surface area contributed by atoms with E-state index in [1.165, 1.54) is 18.9 Å². The smallest absolute Gasteiger partial charge is 0.326 e. The molecule has 2 atom stereocenters. The summed E-state index contributed by atoms with van der Waals surface area (Å²) < 4.78 is 0. The summed E-state index contributed by atoms with van der Waals surface area (Å²) in [4.78, 5) is 23.6. The van der Waals surface area contributed by atoms with E-state index in [2.05, 4.69) is 12.2 Å². The summed E-state index contributed by atoms with van der Waals surface area (Å²) in [6.45, 7) is 5.54. The van der Waals surface area contributed by atoms with Crippen LogP contribution < -0.4 is 5.32 Å². The number of nitrogens with one attached hydrogen (secondary N) is 1. The van der Waals surface area contributed by atoms with Gasteiger partial charge in [-0.05, 0) is 19.8 Å². The molecule has 0 saturated carbocycles. The highest BCUT2D eigenvalue weighted by atomic mass is 16.4. The van der Waals surface area contributed by atoms with Gasteiger partial charge in [0, 0.05) is 13.1 Å². The minimum absolute atomic E-state index is 0.126. The second kappa shape index (κ2) is 7.09. The first-order valence-electron chi connectivity index (χ1n) is 5.70. The van der Waals surface area contributed by atoms with E-state index in [9.17, 15) is 9.59 Å². The topological polar surface area (TPSA) is 69.6 Å². The van der Waals surface area contributed by atoms with Gasteiger partial charge in [-0.2, -0.15) is 0 Å². The molecule has 0 fully saturated rings. The lowest BCUT2D eigenvalue weighted by atomic mass is 10.1. The molecule has 0 aliphatic heterocycles. The van der Waals surface area contributed by atoms with Crippen molar-refractivity contribution in [2.45, 2.75) is 52.1 Å². The van der Waals surface area contributed by atoms with Gasteiger partial charge in [0.25, 0.3) is 0 Å². The molecule has 0 spiro atoms. The number of carboxylic acid groups (broad SMARTS) is 1. The summed E-state index contributed by atoms with van der Waals surface area (Å²) >= 11 is 0. The Hall–Kier alpha value is -1.26. The number of likely N-dealkylation sites (N-methyl/N-ethyl adjacent to an activating group) is 1. The molecular formula is C11H22N2O3. The van der Waals surface area contributed by atoms with E-state index < -0.39 is 12.0 Å². The van der Waals surface area contributed by atoms with Gasteiger partial charge in [-0.3, -0.25) is 0 Å². The van der Waals surface area contributed by atoms with Gasteiger partial charge in [-0.25, -0.2) is 9.59 Å². The Morgan fingerprint density at radius 2 is 1.94 bits per heavy atom. The van der Waals surface area contributed by atoms with Crippen LogP contribution in [0.4, 0.5) is 4.79 Å². The van der Waals surface area contributed by atoms with Crippen molar-refractivity contribution in [2.24, 2.45) is 0 Å². The van der Waals surface area contributed by atoms with Crippen LogP contribution in [0.25, 0.3) is 0 Å². The van der Waals surface area contributed by atoms with Crippen molar-refractivity contribution >= 4 is 12.0 Å². The van der Waals surface area contributed by atoms with Gasteiger partial charge in [0.15, 0.2) is 0 Å². The van der Waals surface area contributed by atoms with Crippen LogP contribution in [0.1, 0.15) is 40.0 Å². The summed E-state index contributed by atoms with van der Waals surface area (Å²) in [5, 5.41) is 11.6. The molecule has 0 heterocycles. The number of hydrogen-bond donors (Lipinski definition) is 2. The predicted octanol–water partition coefficient (Wildman–Crippen LogP) is 1.68. The molecule has 94 valence electrons. The highest BCUT2D eigenvalue weighted by molar-refractivity contribution is 5.82. The molecule has 0 radical (unpaired) electrons. The standard InChI is InChI=1S/C11H22N2O3/c1-5-7-9(6-2)12-11(16)13(4)8(3)10(14)15/h8-9H,5-7H2,1-4H3,(H,12,16)(H,14,15). The van der Waals surface area contributed by atoms with Gasteiger partial charge in [0.1, 0.15) is 6.04 Å². The van der Waals surface area contributed by atoms with Crippen LogP contribution in [0, 0.1) is 0 Å². The largest absolute Gasteiger partial charge is 0.480 e. The first kappa shape index (κ1) is 14.7. The van der Waals surface area contributed by atoms with Crippen LogP contribution in [0.15, 0.2) is 0 Å². The molecule has 5 heteroatoms. The van der Waals surface area contributed by atoms with Crippen LogP contribution in [0.5, 0.6) is 0 Å². The summed E-state index contributed by atoms with van der Waals surface area (Å²) in [5.74, 6) is -0.999. The monoisotopic (exact) mass is 230 g/mol. The third-order valence-corrected chi connectivity index (χ3v) is 2.72. The molecule has 2 unspecified atom stereocenters. The fourth-order valence-electron chi connectivity index (χ4n) is 1.34. The quantitative estimate of drug-likeness (QED) is 0.729. The average molecular weight is 230 g/mol. The number of urea groups is 1. The van der Waals surface area contributed by atoms with Crippen molar-refractivity contribution in [3.8, 4) is 0 Å². The maximum Gasteiger partial charge on any atom is 0.326 e. The summed E-state index contributed by atoms with van der Waals surface area (Å²) in [6.07, 6.45) is 2.77. The molecule has 2 N–H and O–H groups in total. The molecule has 0 bridgehead atoms. The van der Waals surface area contributed by atoms with Gasteiger partial charge in [0.05, 0.1) is 0 Å². The van der Waals surface area contributed by atoms with Crippen LogP contribution >= 0.6 is 0 Å². The Bertz CT molecular complexity index is 243. The number of aliphatic carboxylic acids is 1. The van der Waals surface area contributed by atoms with Gasteiger partial charge in [0.2, 0.25) is 0 Å². The minimum atomic E-state index is -0.999. The van der Waals surface area contributed by atoms with E-state index in [4.69, 9.17) is 5.11 Å². The van der Waals surface area contributed by atoms with Crippen molar-refractivity contribution in [1.29, 1.82) is 0 Å². The number of rotatable bonds is 6. The van der Waals surface area contributed by atoms with Gasteiger partial charge < -0.3 is 15.3 Å². The van der Waals surface area contributed by atoms with Crippen molar-refractivity contribution in [3.05, 3.63) is 0 Å². The zero-order valence-corrected chi connectivity index (χ0v) is 10.5. The fraction of sp³-hybridized carbons (Fsp3) is 0.818. The Morgan fingerprint density at radius 3 is 2.31 bits per heavy atom. The molecule has 0 aromatic carbocycles. The molecule has 0 aliphatic carbocycles. The first-order valence-corrected chi connectivity index (χ1v) is 5.70. The van der Waals surface area contributed by atoms with E-state index >= 15 is 0 Å².